The van der Waals surface area contributed by atoms with Crippen LogP contribution in [0.1, 0.15) is 11.1 Å². The fourth-order valence-corrected chi connectivity index (χ4v) is 9.78. The van der Waals surface area contributed by atoms with E-state index in [1.807, 2.05) is 97.1 Å². The number of benzene rings is 11. The van der Waals surface area contributed by atoms with E-state index in [-0.39, 0.29) is 44.3 Å². The van der Waals surface area contributed by atoms with Crippen molar-refractivity contribution < 1.29 is 31.1 Å². The minimum absolute atomic E-state index is 0.113. The first-order valence-electron chi connectivity index (χ1n) is 20.1. The number of rotatable bonds is 4. The van der Waals surface area contributed by atoms with Crippen LogP contribution in [0.5, 0.6) is 5.75 Å². The summed E-state index contributed by atoms with van der Waals surface area (Å²) in [7, 11) is 1.29. The number of methoxy groups -OCH3 is 1. The SMILES string of the molecule is COc1c(-c2cc3c4ccccc4ccc3c3ccccc23)c(C(F)(F)F)cc2c(-c3ccccc3)c(C(F)(F)F)c(-c3cc4c5ccccc5ccc4c4ccccc34)cc12. The Labute approximate surface area is 351 Å². The van der Waals surface area contributed by atoms with Gasteiger partial charge in [-0.15, -0.1) is 0 Å². The highest BCUT2D eigenvalue weighted by molar-refractivity contribution is 6.24. The van der Waals surface area contributed by atoms with Gasteiger partial charge in [0, 0.05) is 16.5 Å². The van der Waals surface area contributed by atoms with Gasteiger partial charge in [0.1, 0.15) is 5.75 Å². The Morgan fingerprint density at radius 1 is 0.339 bits per heavy atom. The molecule has 0 aliphatic heterocycles. The van der Waals surface area contributed by atoms with Crippen LogP contribution in [-0.4, -0.2) is 7.11 Å². The normalized spacial score (nSPS) is 12.4. The van der Waals surface area contributed by atoms with E-state index in [4.69, 9.17) is 4.74 Å². The molecule has 0 radical (unpaired) electrons. The summed E-state index contributed by atoms with van der Waals surface area (Å²) in [6.07, 6.45) is -10.0. The first-order chi connectivity index (χ1) is 30.0. The Hall–Kier alpha value is -7.38. The van der Waals surface area contributed by atoms with Gasteiger partial charge >= 0.3 is 12.4 Å². The van der Waals surface area contributed by atoms with Crippen LogP contribution in [0.2, 0.25) is 0 Å². The molecule has 0 fully saturated rings. The third kappa shape index (κ3) is 5.72. The number of halogens is 6. The highest BCUT2D eigenvalue weighted by atomic mass is 19.4. The highest BCUT2D eigenvalue weighted by Gasteiger charge is 2.42. The minimum atomic E-state index is -5.01. The maximum absolute atomic E-state index is 16.2. The molecule has 11 aromatic carbocycles. The molecule has 0 aromatic heterocycles. The van der Waals surface area contributed by atoms with Gasteiger partial charge < -0.3 is 4.74 Å². The van der Waals surface area contributed by atoms with Gasteiger partial charge in [0.2, 0.25) is 0 Å². The van der Waals surface area contributed by atoms with Crippen molar-refractivity contribution >= 4 is 75.4 Å². The van der Waals surface area contributed by atoms with Crippen molar-refractivity contribution in [3.8, 4) is 39.1 Å². The van der Waals surface area contributed by atoms with Gasteiger partial charge in [-0.2, -0.15) is 26.3 Å². The molecular weight excluding hydrogens is 791 g/mol. The largest absolute Gasteiger partial charge is 0.495 e. The number of hydrogen-bond donors (Lipinski definition) is 0. The maximum Gasteiger partial charge on any atom is 0.417 e. The average molecular weight is 823 g/mol. The summed E-state index contributed by atoms with van der Waals surface area (Å²) in [6.45, 7) is 0. The average Bonchev–Trinajstić information content (AvgIpc) is 3.29. The summed E-state index contributed by atoms with van der Waals surface area (Å²) in [6, 6.07) is 51.7. The number of ether oxygens (including phenoxy) is 1. The maximum atomic E-state index is 16.2. The van der Waals surface area contributed by atoms with Crippen LogP contribution in [0, 0.1) is 0 Å². The molecule has 11 aromatic rings. The zero-order valence-electron chi connectivity index (χ0n) is 32.9. The van der Waals surface area contributed by atoms with E-state index in [0.29, 0.717) is 16.3 Å². The van der Waals surface area contributed by atoms with Crippen LogP contribution in [0.3, 0.4) is 0 Å². The topological polar surface area (TPSA) is 9.23 Å². The van der Waals surface area contributed by atoms with Crippen LogP contribution >= 0.6 is 0 Å². The van der Waals surface area contributed by atoms with Gasteiger partial charge in [0.25, 0.3) is 0 Å². The quantitative estimate of drug-likeness (QED) is 0.127. The molecule has 7 heteroatoms. The van der Waals surface area contributed by atoms with Gasteiger partial charge in [0.05, 0.1) is 18.2 Å². The predicted octanol–water partition coefficient (Wildman–Crippen LogP) is 16.8. The molecule has 0 aliphatic carbocycles. The molecule has 0 bridgehead atoms. The van der Waals surface area contributed by atoms with Crippen LogP contribution in [0.4, 0.5) is 26.3 Å². The molecule has 0 saturated carbocycles. The molecule has 300 valence electrons. The number of hydrogen-bond acceptors (Lipinski definition) is 1. The van der Waals surface area contributed by atoms with E-state index in [2.05, 4.69) is 0 Å². The molecule has 0 heterocycles. The molecule has 0 saturated heterocycles. The Morgan fingerprint density at radius 2 is 0.790 bits per heavy atom. The number of alkyl halides is 6. The van der Waals surface area contributed by atoms with Gasteiger partial charge in [-0.05, 0) is 117 Å². The van der Waals surface area contributed by atoms with Crippen molar-refractivity contribution in [2.75, 3.05) is 7.11 Å². The van der Waals surface area contributed by atoms with E-state index in [9.17, 15) is 0 Å². The minimum Gasteiger partial charge on any atom is -0.495 e. The summed E-state index contributed by atoms with van der Waals surface area (Å²) in [4.78, 5) is 0. The summed E-state index contributed by atoms with van der Waals surface area (Å²) < 4.78 is 103. The molecule has 0 N–H and O–H groups in total. The van der Waals surface area contributed by atoms with Crippen molar-refractivity contribution in [2.24, 2.45) is 0 Å². The molecule has 11 rings (SSSR count). The van der Waals surface area contributed by atoms with Crippen LogP contribution in [0.25, 0.3) is 109 Å². The molecule has 0 spiro atoms. The molecule has 0 atom stereocenters. The molecule has 0 amide bonds. The third-order valence-corrected chi connectivity index (χ3v) is 12.3. The molecule has 62 heavy (non-hydrogen) atoms. The van der Waals surface area contributed by atoms with Crippen molar-refractivity contribution in [2.45, 2.75) is 12.4 Å². The van der Waals surface area contributed by atoms with E-state index < -0.39 is 23.5 Å². The van der Waals surface area contributed by atoms with Crippen LogP contribution in [0.15, 0.2) is 176 Å². The second kappa shape index (κ2) is 13.8. The Morgan fingerprint density at radius 3 is 1.32 bits per heavy atom. The van der Waals surface area contributed by atoms with E-state index in [1.165, 1.54) is 25.3 Å². The van der Waals surface area contributed by atoms with Crippen molar-refractivity contribution in [1.29, 1.82) is 0 Å². The highest BCUT2D eigenvalue weighted by Crippen LogP contribution is 2.55. The summed E-state index contributed by atoms with van der Waals surface area (Å²) in [5.41, 5.74) is -2.27. The lowest BCUT2D eigenvalue weighted by Crippen LogP contribution is -2.13. The Bertz CT molecular complexity index is 3640. The third-order valence-electron chi connectivity index (χ3n) is 12.3. The number of fused-ring (bicyclic) bond motifs is 11. The van der Waals surface area contributed by atoms with Gasteiger partial charge in [-0.3, -0.25) is 0 Å². The first kappa shape index (κ1) is 37.6. The molecule has 0 aliphatic rings. The van der Waals surface area contributed by atoms with Crippen molar-refractivity contribution in [3.63, 3.8) is 0 Å². The summed E-state index contributed by atoms with van der Waals surface area (Å²) in [5, 5.41) is 9.22. The molecule has 0 unspecified atom stereocenters. The van der Waals surface area contributed by atoms with Gasteiger partial charge in [0.15, 0.2) is 0 Å². The second-order valence-corrected chi connectivity index (χ2v) is 15.7. The van der Waals surface area contributed by atoms with Crippen molar-refractivity contribution in [1.82, 2.24) is 0 Å². The van der Waals surface area contributed by atoms with Gasteiger partial charge in [-0.25, -0.2) is 0 Å². The fraction of sp³-hybridized carbons (Fsp3) is 0.0545. The predicted molar refractivity (Wildman–Crippen MR) is 242 cm³/mol. The monoisotopic (exact) mass is 822 g/mol. The zero-order chi connectivity index (χ0) is 42.5. The fourth-order valence-electron chi connectivity index (χ4n) is 9.78. The lowest BCUT2D eigenvalue weighted by molar-refractivity contribution is -0.137. The molecule has 1 nitrogen and oxygen atoms in total. The van der Waals surface area contributed by atoms with Gasteiger partial charge in [-0.1, -0.05) is 152 Å². The first-order valence-corrected chi connectivity index (χ1v) is 20.1. The Balaban J connectivity index is 1.37. The van der Waals surface area contributed by atoms with Crippen molar-refractivity contribution in [3.05, 3.63) is 187 Å². The van der Waals surface area contributed by atoms with E-state index >= 15 is 26.3 Å². The summed E-state index contributed by atoms with van der Waals surface area (Å²) in [5.74, 6) is -0.178. The Kier molecular flexibility index (Phi) is 8.39. The lowest BCUT2D eigenvalue weighted by atomic mass is 9.81. The van der Waals surface area contributed by atoms with E-state index in [0.717, 1.165) is 59.9 Å². The van der Waals surface area contributed by atoms with Crippen LogP contribution < -0.4 is 4.74 Å². The zero-order valence-corrected chi connectivity index (χ0v) is 32.9. The second-order valence-electron chi connectivity index (χ2n) is 15.7. The smallest absolute Gasteiger partial charge is 0.417 e. The summed E-state index contributed by atoms with van der Waals surface area (Å²) >= 11 is 0. The standard InChI is InChI=1S/C55H32F6O/c1-62-53-48-29-47(44-27-42-34-17-7-5-13-31(34)23-25-40(42)36-19-9-11-21-38(36)44)52(55(59,60)61)50(33-15-3-2-4-16-33)46(48)30-49(54(56,57)58)51(53)45-28-43-35-18-8-6-14-32(35)24-26-41(43)37-20-10-12-22-39(37)45/h2-30H,1H3. The van der Waals surface area contributed by atoms with E-state index in [1.54, 1.807) is 54.6 Å². The lowest BCUT2D eigenvalue weighted by Gasteiger charge is -2.26. The molecular formula is C55H32F6O. The van der Waals surface area contributed by atoms with Crippen LogP contribution in [-0.2, 0) is 12.4 Å².